The summed E-state index contributed by atoms with van der Waals surface area (Å²) in [7, 11) is 1.58. The van der Waals surface area contributed by atoms with Gasteiger partial charge in [0.25, 0.3) is 5.91 Å². The predicted molar refractivity (Wildman–Crippen MR) is 143 cm³/mol. The minimum absolute atomic E-state index is 0.222. The first-order valence-electron chi connectivity index (χ1n) is 10.7. The Morgan fingerprint density at radius 2 is 1.89 bits per heavy atom. The molecule has 0 aliphatic rings. The van der Waals surface area contributed by atoms with Crippen molar-refractivity contribution in [3.8, 4) is 22.8 Å². The first-order chi connectivity index (χ1) is 17.4. The van der Waals surface area contributed by atoms with E-state index < -0.39 is 5.91 Å². The van der Waals surface area contributed by atoms with Crippen LogP contribution in [-0.4, -0.2) is 24.4 Å². The number of halogens is 3. The number of nitrogens with one attached hydrogen (secondary N) is 1. The molecule has 0 saturated heterocycles. The van der Waals surface area contributed by atoms with E-state index in [2.05, 4.69) is 31.6 Å². The molecule has 0 radical (unpaired) electrons. The van der Waals surface area contributed by atoms with Crippen molar-refractivity contribution in [1.29, 1.82) is 0 Å². The second-order valence-corrected chi connectivity index (χ2v) is 9.31. The number of aromatic nitrogens is 1. The summed E-state index contributed by atoms with van der Waals surface area (Å²) in [4.78, 5) is 12.9. The van der Waals surface area contributed by atoms with Gasteiger partial charge in [0.2, 0.25) is 0 Å². The molecule has 0 saturated carbocycles. The molecule has 36 heavy (non-hydrogen) atoms. The average Bonchev–Trinajstić information content (AvgIpc) is 3.25. The lowest BCUT2D eigenvalue weighted by molar-refractivity contribution is 0.0954. The summed E-state index contributed by atoms with van der Waals surface area (Å²) in [5.41, 5.74) is 5.23. The number of amides is 1. The lowest BCUT2D eigenvalue weighted by Crippen LogP contribution is -2.19. The predicted octanol–water partition coefficient (Wildman–Crippen LogP) is 7.07. The molecule has 7 nitrogen and oxygen atoms in total. The van der Waals surface area contributed by atoms with Crippen molar-refractivity contribution in [3.05, 3.63) is 97.6 Å². The third-order valence-electron chi connectivity index (χ3n) is 5.18. The largest absolute Gasteiger partial charge is 0.496 e. The number of ether oxygens (including phenoxy) is 2. The van der Waals surface area contributed by atoms with Gasteiger partial charge in [-0.3, -0.25) is 4.79 Å². The van der Waals surface area contributed by atoms with Gasteiger partial charge in [0.15, 0.2) is 0 Å². The Balaban J connectivity index is 1.48. The topological polar surface area (TPSA) is 86.0 Å². The zero-order chi connectivity index (χ0) is 25.7. The van der Waals surface area contributed by atoms with E-state index in [1.807, 2.05) is 18.2 Å². The Bertz CT molecular complexity index is 1440. The van der Waals surface area contributed by atoms with Crippen LogP contribution >= 0.6 is 39.1 Å². The van der Waals surface area contributed by atoms with Gasteiger partial charge in [0.1, 0.15) is 35.1 Å². The molecule has 4 rings (SSSR count). The number of hydrogen-bond acceptors (Lipinski definition) is 6. The molecule has 0 atom stereocenters. The van der Waals surface area contributed by atoms with Crippen LogP contribution in [0.4, 0.5) is 0 Å². The van der Waals surface area contributed by atoms with Crippen molar-refractivity contribution in [2.24, 2.45) is 5.10 Å². The number of aryl methyl sites for hydroxylation is 1. The molecule has 0 aliphatic heterocycles. The fourth-order valence-electron chi connectivity index (χ4n) is 3.44. The summed E-state index contributed by atoms with van der Waals surface area (Å²) in [5.74, 6) is 1.08. The number of methoxy groups -OCH3 is 1. The molecule has 1 heterocycles. The number of nitrogens with zero attached hydrogens (tertiary/aromatic N) is 2. The Morgan fingerprint density at radius 1 is 1.11 bits per heavy atom. The zero-order valence-electron chi connectivity index (χ0n) is 19.2. The standard InChI is InChI=1S/C26H20BrCl2N3O4/c1-15-24(25(32-36-15)19-5-3-4-6-20(19)28)26(33)31-30-13-16-7-9-22(34-2)17(11-16)14-35-23-10-8-18(27)12-21(23)29/h3-13H,14H2,1-2H3,(H,31,33)/b30-13+. The van der Waals surface area contributed by atoms with Crippen LogP contribution < -0.4 is 14.9 Å². The fraction of sp³-hybridized carbons (Fsp3) is 0.115. The van der Waals surface area contributed by atoms with Crippen molar-refractivity contribution < 1.29 is 18.8 Å². The lowest BCUT2D eigenvalue weighted by atomic mass is 10.1. The normalized spacial score (nSPS) is 11.0. The van der Waals surface area contributed by atoms with E-state index in [4.69, 9.17) is 37.2 Å². The molecule has 184 valence electrons. The Morgan fingerprint density at radius 3 is 2.64 bits per heavy atom. The first kappa shape index (κ1) is 25.8. The molecule has 0 aliphatic carbocycles. The van der Waals surface area contributed by atoms with E-state index in [9.17, 15) is 4.79 Å². The van der Waals surface area contributed by atoms with Gasteiger partial charge in [0, 0.05) is 15.6 Å². The highest BCUT2D eigenvalue weighted by atomic mass is 79.9. The fourth-order valence-corrected chi connectivity index (χ4v) is 4.39. The lowest BCUT2D eigenvalue weighted by Gasteiger charge is -2.12. The second kappa shape index (κ2) is 11.6. The molecule has 0 unspecified atom stereocenters. The molecule has 3 aromatic carbocycles. The highest BCUT2D eigenvalue weighted by Gasteiger charge is 2.22. The van der Waals surface area contributed by atoms with Crippen LogP contribution in [-0.2, 0) is 6.61 Å². The number of rotatable bonds is 8. The maximum atomic E-state index is 12.9. The van der Waals surface area contributed by atoms with Crippen molar-refractivity contribution in [1.82, 2.24) is 10.6 Å². The van der Waals surface area contributed by atoms with Gasteiger partial charge in [-0.25, -0.2) is 5.43 Å². The van der Waals surface area contributed by atoms with E-state index in [-0.39, 0.29) is 12.2 Å². The van der Waals surface area contributed by atoms with Gasteiger partial charge in [-0.15, -0.1) is 0 Å². The molecule has 0 bridgehead atoms. The molecule has 10 heteroatoms. The summed E-state index contributed by atoms with van der Waals surface area (Å²) in [6.45, 7) is 1.87. The van der Waals surface area contributed by atoms with Gasteiger partial charge in [-0.2, -0.15) is 5.10 Å². The van der Waals surface area contributed by atoms with E-state index in [0.29, 0.717) is 38.6 Å². The molecule has 1 N–H and O–H groups in total. The quantitative estimate of drug-likeness (QED) is 0.176. The van der Waals surface area contributed by atoms with E-state index in [0.717, 1.165) is 15.6 Å². The van der Waals surface area contributed by atoms with Crippen molar-refractivity contribution >= 4 is 51.3 Å². The maximum absolute atomic E-state index is 12.9. The third kappa shape index (κ3) is 5.90. The van der Waals surface area contributed by atoms with Crippen LogP contribution in [0.3, 0.4) is 0 Å². The molecule has 1 amide bonds. The van der Waals surface area contributed by atoms with Crippen LogP contribution in [0.15, 0.2) is 74.8 Å². The van der Waals surface area contributed by atoms with Gasteiger partial charge >= 0.3 is 0 Å². The first-order valence-corrected chi connectivity index (χ1v) is 12.2. The summed E-state index contributed by atoms with van der Waals surface area (Å²) in [6.07, 6.45) is 1.52. The minimum Gasteiger partial charge on any atom is -0.496 e. The maximum Gasteiger partial charge on any atom is 0.277 e. The highest BCUT2D eigenvalue weighted by Crippen LogP contribution is 2.31. The molecule has 4 aromatic rings. The second-order valence-electron chi connectivity index (χ2n) is 7.58. The van der Waals surface area contributed by atoms with Crippen molar-refractivity contribution in [2.75, 3.05) is 7.11 Å². The zero-order valence-corrected chi connectivity index (χ0v) is 22.3. The van der Waals surface area contributed by atoms with Gasteiger partial charge in [-0.1, -0.05) is 62.5 Å². The van der Waals surface area contributed by atoms with Crippen LogP contribution in [0.5, 0.6) is 11.5 Å². The summed E-state index contributed by atoms with van der Waals surface area (Å²) in [6, 6.07) is 17.9. The Labute approximate surface area is 226 Å². The molecule has 0 fully saturated rings. The van der Waals surface area contributed by atoms with E-state index in [1.165, 1.54) is 6.21 Å². The SMILES string of the molecule is COc1ccc(/C=N/NC(=O)c2c(-c3ccccc3Cl)noc2C)cc1COc1ccc(Br)cc1Cl. The highest BCUT2D eigenvalue weighted by molar-refractivity contribution is 9.10. The third-order valence-corrected chi connectivity index (χ3v) is 6.30. The summed E-state index contributed by atoms with van der Waals surface area (Å²) >= 11 is 15.9. The van der Waals surface area contributed by atoms with Gasteiger partial charge in [-0.05, 0) is 55.0 Å². The number of hydrazone groups is 1. The molecule has 1 aromatic heterocycles. The van der Waals surface area contributed by atoms with Crippen LogP contribution in [0.1, 0.15) is 27.2 Å². The summed E-state index contributed by atoms with van der Waals surface area (Å²) in [5, 5.41) is 9.06. The van der Waals surface area contributed by atoms with Crippen LogP contribution in [0.25, 0.3) is 11.3 Å². The number of carbonyl (C=O) groups excluding carboxylic acids is 1. The number of hydrogen-bond donors (Lipinski definition) is 1. The van der Waals surface area contributed by atoms with E-state index in [1.54, 1.807) is 56.5 Å². The molecule has 0 spiro atoms. The van der Waals surface area contributed by atoms with E-state index >= 15 is 0 Å². The number of carbonyl (C=O) groups is 1. The summed E-state index contributed by atoms with van der Waals surface area (Å²) < 4.78 is 17.4. The average molecular weight is 589 g/mol. The van der Waals surface area contributed by atoms with Crippen LogP contribution in [0, 0.1) is 6.92 Å². The Kier molecular flexibility index (Phi) is 8.30. The molecular formula is C26H20BrCl2N3O4. The minimum atomic E-state index is -0.470. The van der Waals surface area contributed by atoms with Crippen molar-refractivity contribution in [2.45, 2.75) is 13.5 Å². The van der Waals surface area contributed by atoms with Gasteiger partial charge in [0.05, 0.1) is 23.4 Å². The number of benzene rings is 3. The van der Waals surface area contributed by atoms with Crippen molar-refractivity contribution in [3.63, 3.8) is 0 Å². The van der Waals surface area contributed by atoms with Crippen LogP contribution in [0.2, 0.25) is 10.0 Å². The van der Waals surface area contributed by atoms with Gasteiger partial charge < -0.3 is 14.0 Å². The molecular weight excluding hydrogens is 569 g/mol. The Hall–Kier alpha value is -3.33. The smallest absolute Gasteiger partial charge is 0.277 e. The monoisotopic (exact) mass is 587 g/mol.